The summed E-state index contributed by atoms with van der Waals surface area (Å²) in [5.41, 5.74) is 6.18. The van der Waals surface area contributed by atoms with Gasteiger partial charge in [-0.1, -0.05) is 24.3 Å². The van der Waals surface area contributed by atoms with Crippen LogP contribution in [0.15, 0.2) is 48.5 Å². The summed E-state index contributed by atoms with van der Waals surface area (Å²) in [7, 11) is 0. The molecule has 132 valence electrons. The Morgan fingerprint density at radius 3 is 1.40 bits per heavy atom. The third kappa shape index (κ3) is 6.13. The van der Waals surface area contributed by atoms with Crippen LogP contribution in [0.2, 0.25) is 0 Å². The lowest BCUT2D eigenvalue weighted by atomic mass is 10.0. The lowest BCUT2D eigenvalue weighted by Crippen LogP contribution is -2.34. The van der Waals surface area contributed by atoms with Gasteiger partial charge in [0.15, 0.2) is 13.2 Å². The van der Waals surface area contributed by atoms with Crippen LogP contribution in [0.5, 0.6) is 11.5 Å². The molecular formula is C17H20N4O4. The second kappa shape index (κ2) is 9.26. The highest BCUT2D eigenvalue weighted by Crippen LogP contribution is 2.17. The summed E-state index contributed by atoms with van der Waals surface area (Å²) in [5, 5.41) is 0. The van der Waals surface area contributed by atoms with Crippen molar-refractivity contribution in [2.75, 3.05) is 13.2 Å². The largest absolute Gasteiger partial charge is 0.484 e. The number of hydrogen-bond donors (Lipinski definition) is 4. The normalized spacial score (nSPS) is 10.0. The van der Waals surface area contributed by atoms with Gasteiger partial charge in [-0.15, -0.1) is 0 Å². The second-order valence-corrected chi connectivity index (χ2v) is 5.18. The first-order chi connectivity index (χ1) is 12.1. The van der Waals surface area contributed by atoms with Crippen LogP contribution >= 0.6 is 0 Å². The molecule has 2 amide bonds. The van der Waals surface area contributed by atoms with E-state index in [-0.39, 0.29) is 13.2 Å². The maximum absolute atomic E-state index is 11.0. The molecule has 0 saturated heterocycles. The van der Waals surface area contributed by atoms with Crippen LogP contribution in [0.4, 0.5) is 0 Å². The highest BCUT2D eigenvalue weighted by atomic mass is 16.5. The molecule has 0 aromatic heterocycles. The fourth-order valence-electron chi connectivity index (χ4n) is 2.02. The molecule has 0 bridgehead atoms. The number of benzene rings is 2. The minimum Gasteiger partial charge on any atom is -0.484 e. The molecule has 0 aliphatic heterocycles. The van der Waals surface area contributed by atoms with Crippen molar-refractivity contribution in [1.29, 1.82) is 0 Å². The molecule has 0 atom stereocenters. The van der Waals surface area contributed by atoms with Gasteiger partial charge in [-0.05, 0) is 41.8 Å². The average Bonchev–Trinajstić information content (AvgIpc) is 2.66. The van der Waals surface area contributed by atoms with Gasteiger partial charge in [0, 0.05) is 0 Å². The van der Waals surface area contributed by atoms with Crippen LogP contribution in [-0.4, -0.2) is 25.0 Å². The molecule has 2 aromatic rings. The van der Waals surface area contributed by atoms with E-state index in [1.54, 1.807) is 24.3 Å². The number of hydrogen-bond acceptors (Lipinski definition) is 6. The lowest BCUT2D eigenvalue weighted by Gasteiger charge is -2.08. The molecule has 6 N–H and O–H groups in total. The molecular weight excluding hydrogens is 324 g/mol. The molecule has 0 aliphatic rings. The van der Waals surface area contributed by atoms with Crippen LogP contribution in [0, 0.1) is 0 Å². The van der Waals surface area contributed by atoms with Gasteiger partial charge in [-0.2, -0.15) is 0 Å². The van der Waals surface area contributed by atoms with Crippen molar-refractivity contribution in [3.05, 3.63) is 59.7 Å². The lowest BCUT2D eigenvalue weighted by molar-refractivity contribution is -0.123. The molecule has 0 aliphatic carbocycles. The molecule has 0 radical (unpaired) electrons. The van der Waals surface area contributed by atoms with Crippen molar-refractivity contribution in [3.8, 4) is 11.5 Å². The first kappa shape index (κ1) is 18.2. The average molecular weight is 344 g/mol. The monoisotopic (exact) mass is 344 g/mol. The fraction of sp³-hybridized carbons (Fsp3) is 0.176. The minimum absolute atomic E-state index is 0.126. The fourth-order valence-corrected chi connectivity index (χ4v) is 2.02. The van der Waals surface area contributed by atoms with E-state index in [0.717, 1.165) is 17.5 Å². The van der Waals surface area contributed by atoms with Gasteiger partial charge >= 0.3 is 0 Å². The van der Waals surface area contributed by atoms with E-state index in [2.05, 4.69) is 0 Å². The highest BCUT2D eigenvalue weighted by Gasteiger charge is 2.03. The van der Waals surface area contributed by atoms with Gasteiger partial charge in [0.2, 0.25) is 0 Å². The van der Waals surface area contributed by atoms with Crippen LogP contribution in [0.25, 0.3) is 0 Å². The number of ether oxygens (including phenoxy) is 2. The standard InChI is InChI=1S/C17H20N4O4/c18-20-16(22)10-24-14-5-1-12(2-6-14)9-13-3-7-15(8-4-13)25-11-17(23)21-19/h1-8H,9-11,18-19H2,(H,20,22)(H,21,23). The first-order valence-corrected chi connectivity index (χ1v) is 7.53. The summed E-state index contributed by atoms with van der Waals surface area (Å²) in [4.78, 5) is 22.0. The third-order valence-corrected chi connectivity index (χ3v) is 3.32. The van der Waals surface area contributed by atoms with Crippen molar-refractivity contribution in [1.82, 2.24) is 10.9 Å². The molecule has 0 heterocycles. The van der Waals surface area contributed by atoms with E-state index < -0.39 is 11.8 Å². The maximum Gasteiger partial charge on any atom is 0.271 e. The van der Waals surface area contributed by atoms with Crippen LogP contribution in [-0.2, 0) is 16.0 Å². The Morgan fingerprint density at radius 1 is 0.720 bits per heavy atom. The summed E-state index contributed by atoms with van der Waals surface area (Å²) in [6.07, 6.45) is 0.729. The predicted octanol–water partition coefficient (Wildman–Crippen LogP) is 0.0148. The Balaban J connectivity index is 1.87. The third-order valence-electron chi connectivity index (χ3n) is 3.32. The zero-order valence-corrected chi connectivity index (χ0v) is 13.5. The van der Waals surface area contributed by atoms with Crippen molar-refractivity contribution >= 4 is 11.8 Å². The van der Waals surface area contributed by atoms with Crippen molar-refractivity contribution < 1.29 is 19.1 Å². The van der Waals surface area contributed by atoms with Gasteiger partial charge in [0.25, 0.3) is 11.8 Å². The van der Waals surface area contributed by atoms with Crippen LogP contribution < -0.4 is 32.0 Å². The van der Waals surface area contributed by atoms with Gasteiger partial charge in [-0.25, -0.2) is 11.7 Å². The molecule has 2 rings (SSSR count). The van der Waals surface area contributed by atoms with Crippen molar-refractivity contribution in [3.63, 3.8) is 0 Å². The molecule has 0 unspecified atom stereocenters. The molecule has 2 aromatic carbocycles. The number of rotatable bonds is 8. The Hall–Kier alpha value is -3.10. The first-order valence-electron chi connectivity index (χ1n) is 7.53. The summed E-state index contributed by atoms with van der Waals surface area (Å²) in [5.74, 6) is 10.4. The molecule has 0 fully saturated rings. The number of hydrazine groups is 2. The minimum atomic E-state index is -0.393. The summed E-state index contributed by atoms with van der Waals surface area (Å²) < 4.78 is 10.6. The van der Waals surface area contributed by atoms with Crippen molar-refractivity contribution in [2.45, 2.75) is 6.42 Å². The maximum atomic E-state index is 11.0. The summed E-state index contributed by atoms with van der Waals surface area (Å²) in [6, 6.07) is 14.9. The molecule has 0 spiro atoms. The smallest absolute Gasteiger partial charge is 0.271 e. The Bertz CT molecular complexity index is 640. The number of carbonyl (C=O) groups is 2. The Morgan fingerprint density at radius 2 is 1.08 bits per heavy atom. The number of amides is 2. The number of nitrogens with one attached hydrogen (secondary N) is 2. The van der Waals surface area contributed by atoms with Gasteiger partial charge in [0.05, 0.1) is 0 Å². The van der Waals surface area contributed by atoms with E-state index in [4.69, 9.17) is 21.2 Å². The van der Waals surface area contributed by atoms with Gasteiger partial charge in [0.1, 0.15) is 11.5 Å². The van der Waals surface area contributed by atoms with E-state index in [9.17, 15) is 9.59 Å². The van der Waals surface area contributed by atoms with Gasteiger partial charge < -0.3 is 9.47 Å². The van der Waals surface area contributed by atoms with E-state index >= 15 is 0 Å². The molecule has 8 heteroatoms. The zero-order valence-electron chi connectivity index (χ0n) is 13.5. The van der Waals surface area contributed by atoms with Crippen LogP contribution in [0.1, 0.15) is 11.1 Å². The van der Waals surface area contributed by atoms with Gasteiger partial charge in [-0.3, -0.25) is 20.4 Å². The Labute approximate surface area is 145 Å². The molecule has 0 saturated carbocycles. The van der Waals surface area contributed by atoms with E-state index in [0.29, 0.717) is 11.5 Å². The topological polar surface area (TPSA) is 129 Å². The number of nitrogens with two attached hydrogens (primary N) is 2. The summed E-state index contributed by atoms with van der Waals surface area (Å²) in [6.45, 7) is -0.251. The zero-order chi connectivity index (χ0) is 18.1. The predicted molar refractivity (Wildman–Crippen MR) is 91.3 cm³/mol. The van der Waals surface area contributed by atoms with E-state index in [1.165, 1.54) is 0 Å². The Kier molecular flexibility index (Phi) is 6.76. The SMILES string of the molecule is NNC(=O)COc1ccc(Cc2ccc(OCC(=O)NN)cc2)cc1. The molecule has 25 heavy (non-hydrogen) atoms. The quantitative estimate of drug-likeness (QED) is 0.303. The number of carbonyl (C=O) groups excluding carboxylic acids is 2. The van der Waals surface area contributed by atoms with Crippen LogP contribution in [0.3, 0.4) is 0 Å². The highest BCUT2D eigenvalue weighted by molar-refractivity contribution is 5.77. The summed E-state index contributed by atoms with van der Waals surface area (Å²) >= 11 is 0. The molecule has 8 nitrogen and oxygen atoms in total. The van der Waals surface area contributed by atoms with Crippen molar-refractivity contribution in [2.24, 2.45) is 11.7 Å². The second-order valence-electron chi connectivity index (χ2n) is 5.18. The van der Waals surface area contributed by atoms with E-state index in [1.807, 2.05) is 35.1 Å².